The first-order valence-corrected chi connectivity index (χ1v) is 5.37. The molecule has 1 aromatic heterocycles. The van der Waals surface area contributed by atoms with Gasteiger partial charge in [-0.2, -0.15) is 5.10 Å². The van der Waals surface area contributed by atoms with Crippen molar-refractivity contribution in [2.24, 2.45) is 5.73 Å². The number of aromatic amines is 1. The molecule has 3 N–H and O–H groups in total. The number of aromatic nitrogens is 2. The van der Waals surface area contributed by atoms with Crippen molar-refractivity contribution >= 4 is 0 Å². The zero-order chi connectivity index (χ0) is 11.5. The van der Waals surface area contributed by atoms with E-state index >= 15 is 0 Å². The van der Waals surface area contributed by atoms with Crippen molar-refractivity contribution in [2.75, 3.05) is 20.1 Å². The first-order chi connectivity index (χ1) is 6.95. The van der Waals surface area contributed by atoms with Crippen molar-refractivity contribution in [3.8, 4) is 0 Å². The van der Waals surface area contributed by atoms with Gasteiger partial charge in [-0.1, -0.05) is 20.8 Å². The Morgan fingerprint density at radius 1 is 1.47 bits per heavy atom. The highest BCUT2D eigenvalue weighted by Gasteiger charge is 2.21. The molecule has 0 radical (unpaired) electrons. The summed E-state index contributed by atoms with van der Waals surface area (Å²) >= 11 is 0. The summed E-state index contributed by atoms with van der Waals surface area (Å²) in [6.07, 6.45) is 1.98. The van der Waals surface area contributed by atoms with E-state index in [2.05, 4.69) is 42.9 Å². The Labute approximate surface area is 91.8 Å². The van der Waals surface area contributed by atoms with E-state index in [1.807, 2.05) is 6.20 Å². The summed E-state index contributed by atoms with van der Waals surface area (Å²) < 4.78 is 0. The van der Waals surface area contributed by atoms with Crippen LogP contribution < -0.4 is 5.73 Å². The third-order valence-electron chi connectivity index (χ3n) is 2.38. The third-order valence-corrected chi connectivity index (χ3v) is 2.38. The van der Waals surface area contributed by atoms with Crippen LogP contribution >= 0.6 is 0 Å². The minimum atomic E-state index is 0.0961. The normalized spacial score (nSPS) is 12.4. The van der Waals surface area contributed by atoms with E-state index in [9.17, 15) is 0 Å². The maximum Gasteiger partial charge on any atom is 0.0720 e. The summed E-state index contributed by atoms with van der Waals surface area (Å²) in [5, 5.41) is 7.26. The molecule has 0 unspecified atom stereocenters. The lowest BCUT2D eigenvalue weighted by Crippen LogP contribution is -2.26. The van der Waals surface area contributed by atoms with Gasteiger partial charge < -0.3 is 10.6 Å². The second kappa shape index (κ2) is 4.77. The monoisotopic (exact) mass is 210 g/mol. The molecule has 0 amide bonds. The molecule has 0 atom stereocenters. The van der Waals surface area contributed by atoms with E-state index in [0.717, 1.165) is 18.8 Å². The molecule has 0 aliphatic carbocycles. The van der Waals surface area contributed by atoms with Gasteiger partial charge in [0.05, 0.1) is 5.69 Å². The zero-order valence-corrected chi connectivity index (χ0v) is 10.2. The molecule has 0 aromatic carbocycles. The van der Waals surface area contributed by atoms with E-state index in [4.69, 9.17) is 5.73 Å². The van der Waals surface area contributed by atoms with Crippen LogP contribution in [0.15, 0.2) is 6.20 Å². The van der Waals surface area contributed by atoms with Crippen LogP contribution in [0.25, 0.3) is 0 Å². The molecule has 0 bridgehead atoms. The van der Waals surface area contributed by atoms with Gasteiger partial charge in [0.1, 0.15) is 0 Å². The molecule has 4 nitrogen and oxygen atoms in total. The summed E-state index contributed by atoms with van der Waals surface area (Å²) in [5.41, 5.74) is 8.02. The van der Waals surface area contributed by atoms with Crippen LogP contribution in [0.1, 0.15) is 32.0 Å². The first-order valence-electron chi connectivity index (χ1n) is 5.37. The molecule has 0 aliphatic heterocycles. The maximum absolute atomic E-state index is 5.52. The van der Waals surface area contributed by atoms with Crippen LogP contribution in [0.4, 0.5) is 0 Å². The van der Waals surface area contributed by atoms with Crippen molar-refractivity contribution < 1.29 is 0 Å². The number of hydrogen-bond donors (Lipinski definition) is 2. The minimum Gasteiger partial charge on any atom is -0.329 e. The van der Waals surface area contributed by atoms with Gasteiger partial charge in [-0.05, 0) is 7.05 Å². The molecule has 86 valence electrons. The Morgan fingerprint density at radius 3 is 2.67 bits per heavy atom. The molecule has 15 heavy (non-hydrogen) atoms. The molecular weight excluding hydrogens is 188 g/mol. The van der Waals surface area contributed by atoms with Crippen molar-refractivity contribution in [3.63, 3.8) is 0 Å². The third kappa shape index (κ3) is 3.32. The number of likely N-dealkylation sites (N-methyl/N-ethyl adjacent to an activating group) is 1. The second-order valence-corrected chi connectivity index (χ2v) is 5.04. The average molecular weight is 210 g/mol. The Morgan fingerprint density at radius 2 is 2.13 bits per heavy atom. The summed E-state index contributed by atoms with van der Waals surface area (Å²) in [6.45, 7) is 9.04. The minimum absolute atomic E-state index is 0.0961. The molecule has 1 rings (SSSR count). The molecule has 4 heteroatoms. The van der Waals surface area contributed by atoms with Crippen molar-refractivity contribution in [1.29, 1.82) is 0 Å². The molecule has 0 saturated carbocycles. The number of nitrogens with two attached hydrogens (primary N) is 1. The highest BCUT2D eigenvalue weighted by atomic mass is 15.1. The molecule has 0 spiro atoms. The Bertz CT molecular complexity index is 298. The summed E-state index contributed by atoms with van der Waals surface area (Å²) in [4.78, 5) is 2.21. The van der Waals surface area contributed by atoms with Crippen molar-refractivity contribution in [3.05, 3.63) is 17.5 Å². The summed E-state index contributed by atoms with van der Waals surface area (Å²) in [5.74, 6) is 0. The van der Waals surface area contributed by atoms with Gasteiger partial charge in [0, 0.05) is 36.8 Å². The molecule has 1 aromatic rings. The lowest BCUT2D eigenvalue weighted by atomic mass is 9.89. The number of hydrogen-bond acceptors (Lipinski definition) is 3. The maximum atomic E-state index is 5.52. The van der Waals surface area contributed by atoms with Gasteiger partial charge in [0.25, 0.3) is 0 Å². The van der Waals surface area contributed by atoms with E-state index in [1.54, 1.807) is 0 Å². The van der Waals surface area contributed by atoms with E-state index in [1.165, 1.54) is 5.56 Å². The van der Waals surface area contributed by atoms with Crippen LogP contribution in [-0.4, -0.2) is 35.2 Å². The van der Waals surface area contributed by atoms with E-state index in [0.29, 0.717) is 6.54 Å². The number of rotatable bonds is 4. The Kier molecular flexibility index (Phi) is 3.88. The molecular formula is C11H22N4. The van der Waals surface area contributed by atoms with Gasteiger partial charge in [-0.15, -0.1) is 0 Å². The largest absolute Gasteiger partial charge is 0.329 e. The van der Waals surface area contributed by atoms with E-state index in [-0.39, 0.29) is 5.41 Å². The topological polar surface area (TPSA) is 57.9 Å². The van der Waals surface area contributed by atoms with Crippen LogP contribution in [0.5, 0.6) is 0 Å². The van der Waals surface area contributed by atoms with Crippen LogP contribution in [-0.2, 0) is 12.0 Å². The van der Waals surface area contributed by atoms with E-state index < -0.39 is 0 Å². The fraction of sp³-hybridized carbons (Fsp3) is 0.727. The number of nitrogens with one attached hydrogen (secondary N) is 1. The standard InChI is InChI=1S/C11H22N4/c1-11(2,3)10-9(7-13-14-10)8-15(4)6-5-12/h7H,5-6,8,12H2,1-4H3,(H,13,14). The van der Waals surface area contributed by atoms with Gasteiger partial charge in [-0.25, -0.2) is 0 Å². The number of nitrogens with zero attached hydrogens (tertiary/aromatic N) is 2. The van der Waals surface area contributed by atoms with Gasteiger partial charge in [0.15, 0.2) is 0 Å². The molecule has 0 saturated heterocycles. The summed E-state index contributed by atoms with van der Waals surface area (Å²) in [7, 11) is 2.08. The molecule has 0 fully saturated rings. The molecule has 0 aliphatic rings. The SMILES string of the molecule is CN(CCN)Cc1c[nH]nc1C(C)(C)C. The average Bonchev–Trinajstić information content (AvgIpc) is 2.51. The Hall–Kier alpha value is -0.870. The van der Waals surface area contributed by atoms with Crippen LogP contribution in [0, 0.1) is 0 Å². The fourth-order valence-electron chi connectivity index (χ4n) is 1.68. The second-order valence-electron chi connectivity index (χ2n) is 5.04. The number of H-pyrrole nitrogens is 1. The zero-order valence-electron chi connectivity index (χ0n) is 10.2. The van der Waals surface area contributed by atoms with Crippen LogP contribution in [0.3, 0.4) is 0 Å². The summed E-state index contributed by atoms with van der Waals surface area (Å²) in [6, 6.07) is 0. The fourth-order valence-corrected chi connectivity index (χ4v) is 1.68. The van der Waals surface area contributed by atoms with Crippen molar-refractivity contribution in [2.45, 2.75) is 32.7 Å². The highest BCUT2D eigenvalue weighted by Crippen LogP contribution is 2.23. The molecule has 1 heterocycles. The lowest BCUT2D eigenvalue weighted by Gasteiger charge is -2.20. The predicted molar refractivity (Wildman–Crippen MR) is 62.7 cm³/mol. The van der Waals surface area contributed by atoms with Gasteiger partial charge in [-0.3, -0.25) is 5.10 Å². The predicted octanol–water partition coefficient (Wildman–Crippen LogP) is 1.10. The first kappa shape index (κ1) is 12.2. The quantitative estimate of drug-likeness (QED) is 0.782. The lowest BCUT2D eigenvalue weighted by molar-refractivity contribution is 0.333. The smallest absolute Gasteiger partial charge is 0.0720 e. The van der Waals surface area contributed by atoms with Gasteiger partial charge in [0.2, 0.25) is 0 Å². The van der Waals surface area contributed by atoms with Crippen LogP contribution in [0.2, 0.25) is 0 Å². The Balaban J connectivity index is 2.74. The highest BCUT2D eigenvalue weighted by molar-refractivity contribution is 5.23. The van der Waals surface area contributed by atoms with Gasteiger partial charge >= 0.3 is 0 Å². The van der Waals surface area contributed by atoms with Crippen molar-refractivity contribution in [1.82, 2.24) is 15.1 Å².